The van der Waals surface area contributed by atoms with Crippen LogP contribution in [0.5, 0.6) is 0 Å². The van der Waals surface area contributed by atoms with E-state index in [1.165, 1.54) is 0 Å². The molecule has 0 saturated heterocycles. The summed E-state index contributed by atoms with van der Waals surface area (Å²) in [6.07, 6.45) is 0.544. The molecule has 11 heteroatoms. The molecule has 0 bridgehead atoms. The number of carbonyl (C=O) groups excluding carboxylic acids is 1. The molecule has 0 fully saturated rings. The van der Waals surface area contributed by atoms with E-state index in [1.807, 2.05) is 27.7 Å². The van der Waals surface area contributed by atoms with E-state index >= 15 is 0 Å². The van der Waals surface area contributed by atoms with Crippen LogP contribution in [0.15, 0.2) is 4.79 Å². The van der Waals surface area contributed by atoms with E-state index in [1.54, 1.807) is 49.7 Å². The van der Waals surface area contributed by atoms with Gasteiger partial charge in [-0.05, 0) is 20.3 Å². The standard InChI is InChI=1S/C18H31BN4O4.I2/c1-11-14-18(3,4)10-13(23(14)17(25)15(20-11)21(5)6)16(24)22(7)12(2)19(26-8)27-9;1-2/h12-13H,10H2,1-9H3;. The molecule has 0 aliphatic carbocycles. The summed E-state index contributed by atoms with van der Waals surface area (Å²) in [5.41, 5.74) is 1.04. The number of anilines is 1. The minimum Gasteiger partial charge on any atom is -0.413 e. The molecule has 0 N–H and O–H groups in total. The van der Waals surface area contributed by atoms with Crippen molar-refractivity contribution in [2.75, 3.05) is 40.3 Å². The van der Waals surface area contributed by atoms with Crippen LogP contribution in [0.3, 0.4) is 0 Å². The first-order valence-corrected chi connectivity index (χ1v) is 15.5. The van der Waals surface area contributed by atoms with Crippen molar-refractivity contribution < 1.29 is 14.1 Å². The van der Waals surface area contributed by atoms with Crippen LogP contribution in [-0.4, -0.2) is 68.8 Å². The summed E-state index contributed by atoms with van der Waals surface area (Å²) in [4.78, 5) is 34.3. The Morgan fingerprint density at radius 1 is 1.28 bits per heavy atom. The summed E-state index contributed by atoms with van der Waals surface area (Å²) >= 11 is 4.24. The van der Waals surface area contributed by atoms with Gasteiger partial charge in [0.1, 0.15) is 6.04 Å². The van der Waals surface area contributed by atoms with Gasteiger partial charge in [0, 0.05) is 83.7 Å². The molecule has 2 unspecified atom stereocenters. The molecule has 2 heterocycles. The molecule has 1 aromatic rings. The van der Waals surface area contributed by atoms with Gasteiger partial charge in [-0.25, -0.2) is 4.98 Å². The Balaban J connectivity index is 0.00000204. The second kappa shape index (κ2) is 10.8. The Labute approximate surface area is 197 Å². The Morgan fingerprint density at radius 2 is 1.79 bits per heavy atom. The number of aromatic nitrogens is 2. The van der Waals surface area contributed by atoms with Gasteiger partial charge in [-0.1, -0.05) is 13.8 Å². The molecule has 2 atom stereocenters. The lowest BCUT2D eigenvalue weighted by molar-refractivity contribution is -0.134. The van der Waals surface area contributed by atoms with Gasteiger partial charge in [-0.3, -0.25) is 14.2 Å². The van der Waals surface area contributed by atoms with E-state index in [0.717, 1.165) is 11.4 Å². The number of aryl methyl sites for hydroxylation is 1. The Morgan fingerprint density at radius 3 is 2.24 bits per heavy atom. The number of likely N-dealkylation sites (N-methyl/N-ethyl adjacent to an activating group) is 1. The quantitative estimate of drug-likeness (QED) is 0.355. The molecule has 29 heavy (non-hydrogen) atoms. The number of hydrogen-bond acceptors (Lipinski definition) is 6. The highest BCUT2D eigenvalue weighted by Gasteiger charge is 2.45. The predicted octanol–water partition coefficient (Wildman–Crippen LogP) is 2.78. The average molecular weight is 632 g/mol. The highest BCUT2D eigenvalue weighted by atomic mass is 128. The van der Waals surface area contributed by atoms with Crippen LogP contribution < -0.4 is 10.5 Å². The number of amides is 1. The summed E-state index contributed by atoms with van der Waals surface area (Å²) in [6.45, 7) is 7.85. The molecule has 1 aromatic heterocycles. The molecule has 1 aliphatic heterocycles. The Hall–Kier alpha value is -0.405. The van der Waals surface area contributed by atoms with Crippen LogP contribution in [0.4, 0.5) is 5.82 Å². The van der Waals surface area contributed by atoms with E-state index in [2.05, 4.69) is 42.2 Å². The summed E-state index contributed by atoms with van der Waals surface area (Å²) in [6, 6.07) is -0.579. The van der Waals surface area contributed by atoms with Crippen LogP contribution in [0.2, 0.25) is 0 Å². The summed E-state index contributed by atoms with van der Waals surface area (Å²) < 4.78 is 12.2. The molecule has 164 valence electrons. The topological polar surface area (TPSA) is 76.9 Å². The zero-order chi connectivity index (χ0) is 22.7. The van der Waals surface area contributed by atoms with Gasteiger partial charge in [0.15, 0.2) is 5.82 Å². The molecule has 0 radical (unpaired) electrons. The monoisotopic (exact) mass is 632 g/mol. The predicted molar refractivity (Wildman–Crippen MR) is 134 cm³/mol. The van der Waals surface area contributed by atoms with Crippen molar-refractivity contribution in [1.29, 1.82) is 0 Å². The fourth-order valence-corrected chi connectivity index (χ4v) is 4.03. The third-order valence-corrected chi connectivity index (χ3v) is 5.45. The van der Waals surface area contributed by atoms with Gasteiger partial charge in [0.2, 0.25) is 5.91 Å². The van der Waals surface area contributed by atoms with Crippen LogP contribution in [0.1, 0.15) is 44.6 Å². The highest BCUT2D eigenvalue weighted by Crippen LogP contribution is 2.42. The third kappa shape index (κ3) is 5.27. The van der Waals surface area contributed by atoms with Crippen molar-refractivity contribution in [1.82, 2.24) is 14.5 Å². The lowest BCUT2D eigenvalue weighted by Crippen LogP contribution is -2.50. The highest BCUT2D eigenvalue weighted by molar-refractivity contribution is 15.0. The number of carbonyl (C=O) groups is 1. The number of hydrogen-bond donors (Lipinski definition) is 0. The van der Waals surface area contributed by atoms with Crippen LogP contribution in [-0.2, 0) is 19.5 Å². The van der Waals surface area contributed by atoms with E-state index in [-0.39, 0.29) is 22.8 Å². The minimum atomic E-state index is -0.579. The number of rotatable bonds is 6. The molecule has 2 rings (SSSR count). The van der Waals surface area contributed by atoms with Crippen molar-refractivity contribution >= 4 is 56.1 Å². The maximum atomic E-state index is 13.3. The first kappa shape index (κ1) is 26.6. The number of fused-ring (bicyclic) bond motifs is 1. The fourth-order valence-electron chi connectivity index (χ4n) is 4.03. The van der Waals surface area contributed by atoms with Gasteiger partial charge in [-0.2, -0.15) is 0 Å². The van der Waals surface area contributed by atoms with Crippen LogP contribution in [0.25, 0.3) is 0 Å². The van der Waals surface area contributed by atoms with E-state index in [9.17, 15) is 9.59 Å². The molecular formula is C18H31BI2N4O4. The molecule has 0 saturated carbocycles. The normalized spacial score (nSPS) is 17.7. The first-order chi connectivity index (χ1) is 13.5. The van der Waals surface area contributed by atoms with Gasteiger partial charge < -0.3 is 19.1 Å². The lowest BCUT2D eigenvalue weighted by atomic mass is 9.78. The minimum absolute atomic E-state index is 0.133. The SMILES string of the molecule is COB(OC)C(C)N(C)C(=O)C1CC(C)(C)c2c(C)nc(N(C)C)c(=O)n21.II. The molecule has 0 spiro atoms. The van der Waals surface area contributed by atoms with Crippen molar-refractivity contribution in [2.24, 2.45) is 0 Å². The van der Waals surface area contributed by atoms with Gasteiger partial charge >= 0.3 is 7.12 Å². The van der Waals surface area contributed by atoms with Crippen molar-refractivity contribution in [3.05, 3.63) is 21.7 Å². The molecule has 0 aromatic carbocycles. The van der Waals surface area contributed by atoms with Crippen molar-refractivity contribution in [3.8, 4) is 0 Å². The van der Waals surface area contributed by atoms with Crippen LogP contribution >= 0.6 is 37.2 Å². The number of halogens is 2. The summed E-state index contributed by atoms with van der Waals surface area (Å²) in [5.74, 6) is -0.0911. The fraction of sp³-hybridized carbons (Fsp3) is 0.722. The summed E-state index contributed by atoms with van der Waals surface area (Å²) in [7, 11) is 7.82. The van der Waals surface area contributed by atoms with Gasteiger partial charge in [0.25, 0.3) is 5.56 Å². The zero-order valence-electron chi connectivity index (χ0n) is 18.6. The second-order valence-corrected chi connectivity index (χ2v) is 8.07. The zero-order valence-corrected chi connectivity index (χ0v) is 22.9. The molecular weight excluding hydrogens is 601 g/mol. The average Bonchev–Trinajstić information content (AvgIpc) is 2.97. The van der Waals surface area contributed by atoms with Gasteiger partial charge in [0.05, 0.1) is 11.6 Å². The smallest absolute Gasteiger partial charge is 0.413 e. The van der Waals surface area contributed by atoms with Crippen molar-refractivity contribution in [2.45, 2.75) is 51.5 Å². The van der Waals surface area contributed by atoms with E-state index in [4.69, 9.17) is 9.31 Å². The molecule has 1 amide bonds. The van der Waals surface area contributed by atoms with E-state index in [0.29, 0.717) is 12.2 Å². The maximum Gasteiger partial charge on any atom is 0.480 e. The summed E-state index contributed by atoms with van der Waals surface area (Å²) in [5, 5.41) is 0. The van der Waals surface area contributed by atoms with Crippen molar-refractivity contribution in [3.63, 3.8) is 0 Å². The van der Waals surface area contributed by atoms with Crippen LogP contribution in [0, 0.1) is 6.92 Å². The molecule has 8 nitrogen and oxygen atoms in total. The van der Waals surface area contributed by atoms with Gasteiger partial charge in [-0.15, -0.1) is 0 Å². The number of nitrogens with zero attached hydrogens (tertiary/aromatic N) is 4. The lowest BCUT2D eigenvalue weighted by Gasteiger charge is -2.30. The Kier molecular flexibility index (Phi) is 9.88. The second-order valence-electron chi connectivity index (χ2n) is 8.07. The largest absolute Gasteiger partial charge is 0.480 e. The van der Waals surface area contributed by atoms with E-state index < -0.39 is 13.2 Å². The maximum absolute atomic E-state index is 13.3. The molecule has 1 aliphatic rings. The Bertz CT molecular complexity index is 784. The first-order valence-electron chi connectivity index (χ1n) is 9.25. The third-order valence-electron chi connectivity index (χ3n) is 5.45.